The molecule has 0 radical (unpaired) electrons. The van der Waals surface area contributed by atoms with Crippen LogP contribution < -0.4 is 5.32 Å². The van der Waals surface area contributed by atoms with E-state index in [0.29, 0.717) is 6.61 Å². The fourth-order valence-electron chi connectivity index (χ4n) is 3.06. The third kappa shape index (κ3) is 3.39. The molecule has 118 valence electrons. The van der Waals surface area contributed by atoms with Gasteiger partial charge in [0, 0.05) is 24.5 Å². The van der Waals surface area contributed by atoms with Crippen LogP contribution in [0, 0.1) is 0 Å². The Morgan fingerprint density at radius 3 is 3.32 bits per heavy atom. The van der Waals surface area contributed by atoms with Crippen LogP contribution in [-0.2, 0) is 11.3 Å². The number of carbonyl (C=O) groups excluding carboxylic acids is 1. The minimum Gasteiger partial charge on any atom is -0.450 e. The van der Waals surface area contributed by atoms with E-state index in [1.165, 1.54) is 5.56 Å². The molecule has 2 aromatic rings. The normalized spacial score (nSPS) is 19.2. The maximum Gasteiger partial charge on any atom is 0.407 e. The number of para-hydroxylation sites is 1. The molecular formula is C16H22N4O2. The van der Waals surface area contributed by atoms with E-state index < -0.39 is 0 Å². The van der Waals surface area contributed by atoms with Gasteiger partial charge in [0.15, 0.2) is 0 Å². The van der Waals surface area contributed by atoms with Crippen LogP contribution in [0.4, 0.5) is 4.79 Å². The summed E-state index contributed by atoms with van der Waals surface area (Å²) in [5.41, 5.74) is 2.34. The number of aromatic amines is 1. The van der Waals surface area contributed by atoms with E-state index in [-0.39, 0.29) is 12.1 Å². The first-order valence-corrected chi connectivity index (χ1v) is 7.83. The van der Waals surface area contributed by atoms with Crippen LogP contribution in [0.1, 0.15) is 25.3 Å². The number of H-pyrrole nitrogens is 1. The van der Waals surface area contributed by atoms with Gasteiger partial charge in [-0.05, 0) is 31.9 Å². The lowest BCUT2D eigenvalue weighted by atomic mass is 10.0. The van der Waals surface area contributed by atoms with Gasteiger partial charge < -0.3 is 10.1 Å². The Bertz CT molecular complexity index is 640. The number of likely N-dealkylation sites (tertiary alicyclic amines) is 1. The van der Waals surface area contributed by atoms with Crippen LogP contribution in [0.15, 0.2) is 24.4 Å². The third-order valence-electron chi connectivity index (χ3n) is 4.06. The number of nitrogens with zero attached hydrogens (tertiary/aromatic N) is 2. The van der Waals surface area contributed by atoms with Gasteiger partial charge in [-0.3, -0.25) is 10.00 Å². The van der Waals surface area contributed by atoms with Gasteiger partial charge in [0.25, 0.3) is 0 Å². The predicted molar refractivity (Wildman–Crippen MR) is 84.6 cm³/mol. The van der Waals surface area contributed by atoms with Crippen LogP contribution in [-0.4, -0.2) is 46.9 Å². The molecule has 6 heteroatoms. The number of piperidine rings is 1. The predicted octanol–water partition coefficient (Wildman–Crippen LogP) is 2.27. The first-order valence-electron chi connectivity index (χ1n) is 7.83. The standard InChI is InChI=1S/C16H22N4O2/c1-2-22-16(21)18-14-7-4-8-20(11-14)10-13-6-3-5-12-9-17-19-15(12)13/h3,5-6,9,14H,2,4,7-8,10-11H2,1H3,(H,17,19)(H,18,21)/t14-/m0/s1. The molecule has 1 aliphatic heterocycles. The Labute approximate surface area is 129 Å². The summed E-state index contributed by atoms with van der Waals surface area (Å²) in [5.74, 6) is 0. The molecule has 1 saturated heterocycles. The second-order valence-electron chi connectivity index (χ2n) is 5.69. The lowest BCUT2D eigenvalue weighted by molar-refractivity contribution is 0.132. The molecular weight excluding hydrogens is 280 g/mol. The van der Waals surface area contributed by atoms with Crippen molar-refractivity contribution >= 4 is 17.0 Å². The molecule has 1 aliphatic rings. The second kappa shape index (κ2) is 6.79. The average molecular weight is 302 g/mol. The molecule has 3 rings (SSSR count). The Morgan fingerprint density at radius 1 is 1.55 bits per heavy atom. The zero-order chi connectivity index (χ0) is 15.4. The average Bonchev–Trinajstić information content (AvgIpc) is 2.97. The zero-order valence-electron chi connectivity index (χ0n) is 12.8. The Kier molecular flexibility index (Phi) is 4.58. The van der Waals surface area contributed by atoms with E-state index in [4.69, 9.17) is 4.74 Å². The molecule has 0 unspecified atom stereocenters. The van der Waals surface area contributed by atoms with Gasteiger partial charge in [-0.25, -0.2) is 4.79 Å². The topological polar surface area (TPSA) is 70.2 Å². The van der Waals surface area contributed by atoms with E-state index in [1.807, 2.05) is 13.1 Å². The van der Waals surface area contributed by atoms with Crippen molar-refractivity contribution in [2.45, 2.75) is 32.4 Å². The molecule has 1 aromatic heterocycles. The van der Waals surface area contributed by atoms with Crippen molar-refractivity contribution in [3.63, 3.8) is 0 Å². The number of rotatable bonds is 4. The monoisotopic (exact) mass is 302 g/mol. The van der Waals surface area contributed by atoms with Crippen LogP contribution in [0.3, 0.4) is 0 Å². The third-order valence-corrected chi connectivity index (χ3v) is 4.06. The molecule has 1 aromatic carbocycles. The van der Waals surface area contributed by atoms with Gasteiger partial charge in [-0.15, -0.1) is 0 Å². The van der Waals surface area contributed by atoms with E-state index in [1.54, 1.807) is 0 Å². The van der Waals surface area contributed by atoms with Gasteiger partial charge in [0.1, 0.15) is 0 Å². The maximum absolute atomic E-state index is 11.6. The molecule has 1 amide bonds. The number of hydrogen-bond acceptors (Lipinski definition) is 4. The van der Waals surface area contributed by atoms with E-state index in [2.05, 4.69) is 38.6 Å². The second-order valence-corrected chi connectivity index (χ2v) is 5.69. The fourth-order valence-corrected chi connectivity index (χ4v) is 3.06. The Morgan fingerprint density at radius 2 is 2.45 bits per heavy atom. The molecule has 1 atom stereocenters. The van der Waals surface area contributed by atoms with Gasteiger partial charge in [-0.1, -0.05) is 18.2 Å². The van der Waals surface area contributed by atoms with Crippen molar-refractivity contribution in [1.82, 2.24) is 20.4 Å². The highest BCUT2D eigenvalue weighted by Crippen LogP contribution is 2.19. The number of fused-ring (bicyclic) bond motifs is 1. The molecule has 0 aliphatic carbocycles. The van der Waals surface area contributed by atoms with Gasteiger partial charge in [0.05, 0.1) is 18.3 Å². The van der Waals surface area contributed by atoms with Crippen LogP contribution >= 0.6 is 0 Å². The first kappa shape index (κ1) is 14.8. The zero-order valence-corrected chi connectivity index (χ0v) is 12.8. The Balaban J connectivity index is 1.63. The van der Waals surface area contributed by atoms with Crippen molar-refractivity contribution in [3.05, 3.63) is 30.0 Å². The van der Waals surface area contributed by atoms with E-state index in [9.17, 15) is 4.79 Å². The van der Waals surface area contributed by atoms with Gasteiger partial charge in [0.2, 0.25) is 0 Å². The van der Waals surface area contributed by atoms with Crippen molar-refractivity contribution < 1.29 is 9.53 Å². The van der Waals surface area contributed by atoms with Crippen molar-refractivity contribution in [3.8, 4) is 0 Å². The largest absolute Gasteiger partial charge is 0.450 e. The highest BCUT2D eigenvalue weighted by atomic mass is 16.5. The summed E-state index contributed by atoms with van der Waals surface area (Å²) >= 11 is 0. The van der Waals surface area contributed by atoms with Gasteiger partial charge in [-0.2, -0.15) is 5.10 Å². The highest BCUT2D eigenvalue weighted by molar-refractivity contribution is 5.81. The number of amides is 1. The van der Waals surface area contributed by atoms with Crippen LogP contribution in [0.2, 0.25) is 0 Å². The molecule has 1 fully saturated rings. The lowest BCUT2D eigenvalue weighted by Crippen LogP contribution is -2.47. The van der Waals surface area contributed by atoms with Gasteiger partial charge >= 0.3 is 6.09 Å². The summed E-state index contributed by atoms with van der Waals surface area (Å²) in [5, 5.41) is 11.3. The number of benzene rings is 1. The van der Waals surface area contributed by atoms with Crippen molar-refractivity contribution in [2.75, 3.05) is 19.7 Å². The molecule has 22 heavy (non-hydrogen) atoms. The number of alkyl carbamates (subject to hydrolysis) is 1. The summed E-state index contributed by atoms with van der Waals surface area (Å²) in [6.07, 6.45) is 3.62. The SMILES string of the molecule is CCOC(=O)N[C@H]1CCCN(Cc2cccc3cn[nH]c23)C1. The summed E-state index contributed by atoms with van der Waals surface area (Å²) < 4.78 is 4.96. The van der Waals surface area contributed by atoms with E-state index in [0.717, 1.165) is 43.4 Å². The number of hydrogen-bond donors (Lipinski definition) is 2. The molecule has 2 heterocycles. The lowest BCUT2D eigenvalue weighted by Gasteiger charge is -2.32. The van der Waals surface area contributed by atoms with Crippen molar-refractivity contribution in [1.29, 1.82) is 0 Å². The fraction of sp³-hybridized carbons (Fsp3) is 0.500. The summed E-state index contributed by atoms with van der Waals surface area (Å²) in [4.78, 5) is 13.9. The number of nitrogens with one attached hydrogen (secondary N) is 2. The first-order chi connectivity index (χ1) is 10.8. The molecule has 0 bridgehead atoms. The molecule has 6 nitrogen and oxygen atoms in total. The van der Waals surface area contributed by atoms with Crippen LogP contribution in [0.5, 0.6) is 0 Å². The minimum atomic E-state index is -0.315. The van der Waals surface area contributed by atoms with E-state index >= 15 is 0 Å². The minimum absolute atomic E-state index is 0.161. The van der Waals surface area contributed by atoms with Crippen LogP contribution in [0.25, 0.3) is 10.9 Å². The quantitative estimate of drug-likeness (QED) is 0.909. The smallest absolute Gasteiger partial charge is 0.407 e. The number of aromatic nitrogens is 2. The summed E-state index contributed by atoms with van der Waals surface area (Å²) in [6, 6.07) is 6.41. The summed E-state index contributed by atoms with van der Waals surface area (Å²) in [7, 11) is 0. The molecule has 0 spiro atoms. The molecule has 0 saturated carbocycles. The van der Waals surface area contributed by atoms with Crippen molar-refractivity contribution in [2.24, 2.45) is 0 Å². The Hall–Kier alpha value is -2.08. The number of ether oxygens (including phenoxy) is 1. The highest BCUT2D eigenvalue weighted by Gasteiger charge is 2.22. The number of carbonyl (C=O) groups is 1. The molecule has 2 N–H and O–H groups in total. The maximum atomic E-state index is 11.6. The summed E-state index contributed by atoms with van der Waals surface area (Å²) in [6.45, 7) is 4.98.